The molecule has 1 fully saturated rings. The minimum absolute atomic E-state index is 0.537. The standard InChI is InChI=1S/C17H26N2OS/c1-2-3-13-20-16-11-9-15(10-12-16)19-17(21)18-14-7-5-4-6-8-14/h9-12,14H,2-8,13H2,1H3,(H2,18,19,21). The fourth-order valence-electron chi connectivity index (χ4n) is 2.57. The highest BCUT2D eigenvalue weighted by atomic mass is 32.1. The number of nitrogens with one attached hydrogen (secondary N) is 2. The molecule has 0 radical (unpaired) electrons. The van der Waals surface area contributed by atoms with E-state index >= 15 is 0 Å². The van der Waals surface area contributed by atoms with Crippen LogP contribution in [0.1, 0.15) is 51.9 Å². The third kappa shape index (κ3) is 5.92. The zero-order valence-corrected chi connectivity index (χ0v) is 13.7. The van der Waals surface area contributed by atoms with Crippen LogP contribution in [0.15, 0.2) is 24.3 Å². The first-order valence-electron chi connectivity index (χ1n) is 8.08. The first-order valence-corrected chi connectivity index (χ1v) is 8.49. The lowest BCUT2D eigenvalue weighted by Gasteiger charge is -2.24. The number of thiocarbonyl (C=S) groups is 1. The SMILES string of the molecule is CCCCOc1ccc(NC(=S)NC2CCCCC2)cc1. The Labute approximate surface area is 133 Å². The second-order valence-corrected chi connectivity index (χ2v) is 6.07. The number of hydrogen-bond donors (Lipinski definition) is 2. The molecule has 0 aromatic heterocycles. The molecule has 0 unspecified atom stereocenters. The average molecular weight is 306 g/mol. The van der Waals surface area contributed by atoms with Gasteiger partial charge in [-0.2, -0.15) is 0 Å². The monoisotopic (exact) mass is 306 g/mol. The molecule has 4 heteroatoms. The summed E-state index contributed by atoms with van der Waals surface area (Å²) >= 11 is 5.38. The van der Waals surface area contributed by atoms with Gasteiger partial charge in [-0.3, -0.25) is 0 Å². The summed E-state index contributed by atoms with van der Waals surface area (Å²) in [4.78, 5) is 0. The average Bonchev–Trinajstić information content (AvgIpc) is 2.50. The van der Waals surface area contributed by atoms with Crippen LogP contribution in [0.3, 0.4) is 0 Å². The Hall–Kier alpha value is -1.29. The van der Waals surface area contributed by atoms with Crippen molar-refractivity contribution >= 4 is 23.0 Å². The lowest BCUT2D eigenvalue weighted by Crippen LogP contribution is -2.38. The molecule has 0 atom stereocenters. The van der Waals surface area contributed by atoms with Crippen molar-refractivity contribution < 1.29 is 4.74 Å². The maximum atomic E-state index is 5.65. The second-order valence-electron chi connectivity index (χ2n) is 5.66. The number of unbranched alkanes of at least 4 members (excludes halogenated alkanes) is 1. The molecule has 2 N–H and O–H groups in total. The molecule has 116 valence electrons. The Kier molecular flexibility index (Phi) is 6.80. The van der Waals surface area contributed by atoms with Gasteiger partial charge in [0.1, 0.15) is 5.75 Å². The highest BCUT2D eigenvalue weighted by molar-refractivity contribution is 7.80. The van der Waals surface area contributed by atoms with Crippen LogP contribution in [0.2, 0.25) is 0 Å². The van der Waals surface area contributed by atoms with Gasteiger partial charge in [-0.05, 0) is 55.7 Å². The van der Waals surface area contributed by atoms with Gasteiger partial charge < -0.3 is 15.4 Å². The van der Waals surface area contributed by atoms with Crippen molar-refractivity contribution in [2.75, 3.05) is 11.9 Å². The van der Waals surface area contributed by atoms with Crippen LogP contribution in [0, 0.1) is 0 Å². The van der Waals surface area contributed by atoms with Crippen LogP contribution in [0.5, 0.6) is 5.75 Å². The van der Waals surface area contributed by atoms with Crippen molar-refractivity contribution in [3.63, 3.8) is 0 Å². The maximum absolute atomic E-state index is 5.65. The minimum Gasteiger partial charge on any atom is -0.494 e. The van der Waals surface area contributed by atoms with Crippen molar-refractivity contribution in [3.8, 4) is 5.75 Å². The van der Waals surface area contributed by atoms with E-state index in [1.807, 2.05) is 24.3 Å². The third-order valence-electron chi connectivity index (χ3n) is 3.82. The summed E-state index contributed by atoms with van der Waals surface area (Å²) in [6.07, 6.45) is 8.68. The van der Waals surface area contributed by atoms with Gasteiger partial charge in [0.05, 0.1) is 6.61 Å². The van der Waals surface area contributed by atoms with Gasteiger partial charge in [0.15, 0.2) is 5.11 Å². The molecule has 21 heavy (non-hydrogen) atoms. The van der Waals surface area contributed by atoms with Gasteiger partial charge in [-0.1, -0.05) is 32.6 Å². The summed E-state index contributed by atoms with van der Waals surface area (Å²) in [7, 11) is 0. The normalized spacial score (nSPS) is 15.5. The fraction of sp³-hybridized carbons (Fsp3) is 0.588. The van der Waals surface area contributed by atoms with E-state index in [0.29, 0.717) is 6.04 Å². The minimum atomic E-state index is 0.537. The third-order valence-corrected chi connectivity index (χ3v) is 4.04. The molecule has 1 aliphatic rings. The molecular formula is C17H26N2OS. The zero-order chi connectivity index (χ0) is 14.9. The van der Waals surface area contributed by atoms with E-state index in [9.17, 15) is 0 Å². The maximum Gasteiger partial charge on any atom is 0.170 e. The Bertz CT molecular complexity index is 427. The molecule has 2 rings (SSSR count). The number of ether oxygens (including phenoxy) is 1. The van der Waals surface area contributed by atoms with Gasteiger partial charge in [0.2, 0.25) is 0 Å². The predicted molar refractivity (Wildman–Crippen MR) is 93.1 cm³/mol. The number of hydrogen-bond acceptors (Lipinski definition) is 2. The number of benzene rings is 1. The van der Waals surface area contributed by atoms with Crippen molar-refractivity contribution in [2.45, 2.75) is 57.9 Å². The summed E-state index contributed by atoms with van der Waals surface area (Å²) < 4.78 is 5.65. The van der Waals surface area contributed by atoms with Crippen LogP contribution in [0.25, 0.3) is 0 Å². The van der Waals surface area contributed by atoms with Crippen LogP contribution in [-0.4, -0.2) is 17.8 Å². The van der Waals surface area contributed by atoms with Crippen LogP contribution < -0.4 is 15.4 Å². The van der Waals surface area contributed by atoms with E-state index in [0.717, 1.165) is 36.0 Å². The van der Waals surface area contributed by atoms with Crippen LogP contribution in [0.4, 0.5) is 5.69 Å². The first-order chi connectivity index (χ1) is 10.3. The highest BCUT2D eigenvalue weighted by Crippen LogP contribution is 2.18. The molecule has 0 spiro atoms. The largest absolute Gasteiger partial charge is 0.494 e. The van der Waals surface area contributed by atoms with Gasteiger partial charge in [-0.25, -0.2) is 0 Å². The van der Waals surface area contributed by atoms with E-state index in [4.69, 9.17) is 17.0 Å². The summed E-state index contributed by atoms with van der Waals surface area (Å²) in [6.45, 7) is 2.95. The van der Waals surface area contributed by atoms with Crippen molar-refractivity contribution in [3.05, 3.63) is 24.3 Å². The molecule has 0 saturated heterocycles. The van der Waals surface area contributed by atoms with Gasteiger partial charge in [0, 0.05) is 11.7 Å². The molecule has 1 aromatic carbocycles. The van der Waals surface area contributed by atoms with Crippen LogP contribution in [-0.2, 0) is 0 Å². The van der Waals surface area contributed by atoms with Crippen LogP contribution >= 0.6 is 12.2 Å². The van der Waals surface area contributed by atoms with Crippen molar-refractivity contribution in [2.24, 2.45) is 0 Å². The Balaban J connectivity index is 1.75. The highest BCUT2D eigenvalue weighted by Gasteiger charge is 2.13. The summed E-state index contributed by atoms with van der Waals surface area (Å²) in [5.74, 6) is 0.917. The smallest absolute Gasteiger partial charge is 0.170 e. The molecule has 0 aliphatic heterocycles. The topological polar surface area (TPSA) is 33.3 Å². The van der Waals surface area contributed by atoms with Crippen molar-refractivity contribution in [1.82, 2.24) is 5.32 Å². The second kappa shape index (κ2) is 8.88. The molecule has 0 amide bonds. The molecule has 1 aliphatic carbocycles. The van der Waals surface area contributed by atoms with Gasteiger partial charge >= 0.3 is 0 Å². The molecule has 1 saturated carbocycles. The van der Waals surface area contributed by atoms with E-state index < -0.39 is 0 Å². The molecular weight excluding hydrogens is 280 g/mol. The number of rotatable bonds is 6. The van der Waals surface area contributed by atoms with Gasteiger partial charge in [0.25, 0.3) is 0 Å². The summed E-state index contributed by atoms with van der Waals surface area (Å²) in [5.41, 5.74) is 1.01. The zero-order valence-electron chi connectivity index (χ0n) is 12.9. The van der Waals surface area contributed by atoms with Crippen molar-refractivity contribution in [1.29, 1.82) is 0 Å². The molecule has 3 nitrogen and oxygen atoms in total. The summed E-state index contributed by atoms with van der Waals surface area (Å²) in [6, 6.07) is 8.53. The quantitative estimate of drug-likeness (QED) is 0.599. The summed E-state index contributed by atoms with van der Waals surface area (Å²) in [5, 5.41) is 7.39. The van der Waals surface area contributed by atoms with E-state index in [1.165, 1.54) is 32.1 Å². The molecule has 1 aromatic rings. The Morgan fingerprint density at radius 1 is 1.19 bits per heavy atom. The first kappa shape index (κ1) is 16.1. The number of anilines is 1. The predicted octanol–water partition coefficient (Wildman–Crippen LogP) is 4.48. The fourth-order valence-corrected chi connectivity index (χ4v) is 2.85. The van der Waals surface area contributed by atoms with E-state index in [2.05, 4.69) is 17.6 Å². The molecule has 0 bridgehead atoms. The Morgan fingerprint density at radius 2 is 1.90 bits per heavy atom. The Morgan fingerprint density at radius 3 is 2.57 bits per heavy atom. The van der Waals surface area contributed by atoms with E-state index in [-0.39, 0.29) is 0 Å². The van der Waals surface area contributed by atoms with E-state index in [1.54, 1.807) is 0 Å². The lowest BCUT2D eigenvalue weighted by molar-refractivity contribution is 0.309. The lowest BCUT2D eigenvalue weighted by atomic mass is 9.96. The van der Waals surface area contributed by atoms with Gasteiger partial charge in [-0.15, -0.1) is 0 Å². The molecule has 0 heterocycles.